The smallest absolute Gasteiger partial charge is 0.182 e. The quantitative estimate of drug-likeness (QED) is 0.576. The lowest BCUT2D eigenvalue weighted by atomic mass is 10.0. The molecule has 0 radical (unpaired) electrons. The first kappa shape index (κ1) is 17.7. The molecular formula is C20H15F2N5O. The highest BCUT2D eigenvalue weighted by Gasteiger charge is 2.17. The van der Waals surface area contributed by atoms with E-state index in [9.17, 15) is 8.78 Å². The number of fused-ring (bicyclic) bond motifs is 1. The van der Waals surface area contributed by atoms with Crippen LogP contribution in [0, 0.1) is 11.6 Å². The molecule has 0 bridgehead atoms. The molecule has 0 fully saturated rings. The van der Waals surface area contributed by atoms with E-state index < -0.39 is 11.6 Å². The Morgan fingerprint density at radius 3 is 2.64 bits per heavy atom. The van der Waals surface area contributed by atoms with Crippen LogP contribution in [0.1, 0.15) is 0 Å². The van der Waals surface area contributed by atoms with Crippen LogP contribution in [0.5, 0.6) is 5.75 Å². The van der Waals surface area contributed by atoms with Crippen molar-refractivity contribution in [2.75, 3.05) is 19.5 Å². The monoisotopic (exact) mass is 379 g/mol. The SMILES string of the molecule is CNc1nc(-c2cnccn2)nc2c(OC)cc(-c3cccc(F)c3F)cc12. The van der Waals surface area contributed by atoms with Crippen molar-refractivity contribution in [1.29, 1.82) is 0 Å². The number of methoxy groups -OCH3 is 1. The minimum atomic E-state index is -0.924. The third kappa shape index (κ3) is 2.98. The second kappa shape index (κ2) is 7.15. The number of hydrogen-bond acceptors (Lipinski definition) is 6. The number of nitrogens with zero attached hydrogens (tertiary/aromatic N) is 4. The number of aromatic nitrogens is 4. The number of hydrogen-bond donors (Lipinski definition) is 1. The first-order valence-electron chi connectivity index (χ1n) is 8.40. The molecule has 0 saturated heterocycles. The predicted octanol–water partition coefficient (Wildman–Crippen LogP) is 4.08. The fourth-order valence-corrected chi connectivity index (χ4v) is 2.96. The molecule has 0 aliphatic rings. The lowest BCUT2D eigenvalue weighted by molar-refractivity contribution is 0.419. The molecule has 1 N–H and O–H groups in total. The fourth-order valence-electron chi connectivity index (χ4n) is 2.96. The molecule has 0 aliphatic carbocycles. The maximum atomic E-state index is 14.3. The molecule has 6 nitrogen and oxygen atoms in total. The minimum Gasteiger partial charge on any atom is -0.494 e. The van der Waals surface area contributed by atoms with Gasteiger partial charge in [-0.1, -0.05) is 12.1 Å². The average molecular weight is 379 g/mol. The summed E-state index contributed by atoms with van der Waals surface area (Å²) >= 11 is 0. The number of halogens is 2. The van der Waals surface area contributed by atoms with Gasteiger partial charge in [0.25, 0.3) is 0 Å². The van der Waals surface area contributed by atoms with Gasteiger partial charge >= 0.3 is 0 Å². The van der Waals surface area contributed by atoms with E-state index in [4.69, 9.17) is 4.74 Å². The Kier molecular flexibility index (Phi) is 4.52. The highest BCUT2D eigenvalue weighted by molar-refractivity contribution is 5.97. The van der Waals surface area contributed by atoms with E-state index in [1.165, 1.54) is 19.2 Å². The van der Waals surface area contributed by atoms with Crippen molar-refractivity contribution in [3.05, 3.63) is 60.6 Å². The lowest BCUT2D eigenvalue weighted by Crippen LogP contribution is -2.02. The zero-order chi connectivity index (χ0) is 19.7. The molecule has 0 atom stereocenters. The summed E-state index contributed by atoms with van der Waals surface area (Å²) in [5.41, 5.74) is 1.60. The van der Waals surface area contributed by atoms with Crippen molar-refractivity contribution in [3.8, 4) is 28.4 Å². The molecule has 2 heterocycles. The topological polar surface area (TPSA) is 72.8 Å². The van der Waals surface area contributed by atoms with E-state index in [0.29, 0.717) is 39.6 Å². The normalized spacial score (nSPS) is 10.9. The van der Waals surface area contributed by atoms with Gasteiger partial charge in [0.05, 0.1) is 13.3 Å². The third-order valence-electron chi connectivity index (χ3n) is 4.28. The highest BCUT2D eigenvalue weighted by Crippen LogP contribution is 2.36. The van der Waals surface area contributed by atoms with Gasteiger partial charge in [-0.3, -0.25) is 4.98 Å². The Morgan fingerprint density at radius 2 is 1.93 bits per heavy atom. The van der Waals surface area contributed by atoms with Gasteiger partial charge in [0.15, 0.2) is 17.5 Å². The van der Waals surface area contributed by atoms with Gasteiger partial charge < -0.3 is 10.1 Å². The van der Waals surface area contributed by atoms with Crippen molar-refractivity contribution in [2.45, 2.75) is 0 Å². The standard InChI is InChI=1S/C20H15F2N5O/c1-23-19-13-8-11(12-4-3-5-14(21)17(12)22)9-16(28-2)18(13)26-20(27-19)15-10-24-6-7-25-15/h3-10H,1-2H3,(H,23,26,27). The Balaban J connectivity index is 2.00. The van der Waals surface area contributed by atoms with Gasteiger partial charge in [-0.15, -0.1) is 0 Å². The van der Waals surface area contributed by atoms with Crippen LogP contribution in [0.2, 0.25) is 0 Å². The highest BCUT2D eigenvalue weighted by atomic mass is 19.2. The molecule has 2 aromatic carbocycles. The van der Waals surface area contributed by atoms with E-state index in [1.54, 1.807) is 37.8 Å². The summed E-state index contributed by atoms with van der Waals surface area (Å²) in [4.78, 5) is 17.3. The van der Waals surface area contributed by atoms with E-state index in [2.05, 4.69) is 25.3 Å². The van der Waals surface area contributed by atoms with E-state index in [-0.39, 0.29) is 5.56 Å². The lowest BCUT2D eigenvalue weighted by Gasteiger charge is -2.13. The zero-order valence-corrected chi connectivity index (χ0v) is 15.1. The molecule has 2 aromatic heterocycles. The molecule has 4 aromatic rings. The summed E-state index contributed by atoms with van der Waals surface area (Å²) in [6, 6.07) is 7.35. The van der Waals surface area contributed by atoms with Crippen molar-refractivity contribution < 1.29 is 13.5 Å². The summed E-state index contributed by atoms with van der Waals surface area (Å²) in [5, 5.41) is 3.62. The second-order valence-electron chi connectivity index (χ2n) is 5.91. The van der Waals surface area contributed by atoms with Crippen LogP contribution in [-0.2, 0) is 0 Å². The predicted molar refractivity (Wildman–Crippen MR) is 102 cm³/mol. The van der Waals surface area contributed by atoms with Crippen molar-refractivity contribution in [2.24, 2.45) is 0 Å². The first-order chi connectivity index (χ1) is 13.6. The molecule has 0 amide bonds. The largest absolute Gasteiger partial charge is 0.494 e. The van der Waals surface area contributed by atoms with Gasteiger partial charge in [0.2, 0.25) is 0 Å². The zero-order valence-electron chi connectivity index (χ0n) is 15.1. The molecule has 28 heavy (non-hydrogen) atoms. The average Bonchev–Trinajstić information content (AvgIpc) is 2.74. The van der Waals surface area contributed by atoms with Crippen LogP contribution in [0.3, 0.4) is 0 Å². The molecule has 140 valence electrons. The number of rotatable bonds is 4. The third-order valence-corrected chi connectivity index (χ3v) is 4.28. The molecular weight excluding hydrogens is 364 g/mol. The van der Waals surface area contributed by atoms with Gasteiger partial charge in [-0.25, -0.2) is 23.7 Å². The van der Waals surface area contributed by atoms with Crippen molar-refractivity contribution >= 4 is 16.7 Å². The summed E-state index contributed by atoms with van der Waals surface area (Å²) < 4.78 is 33.5. The molecule has 4 rings (SSSR count). The Hall–Kier alpha value is -3.68. The van der Waals surface area contributed by atoms with Crippen LogP contribution in [-0.4, -0.2) is 34.1 Å². The fraction of sp³-hybridized carbons (Fsp3) is 0.100. The van der Waals surface area contributed by atoms with Crippen LogP contribution in [0.4, 0.5) is 14.6 Å². The summed E-state index contributed by atoms with van der Waals surface area (Å²) in [6.45, 7) is 0. The van der Waals surface area contributed by atoms with Crippen molar-refractivity contribution in [3.63, 3.8) is 0 Å². The Morgan fingerprint density at radius 1 is 1.07 bits per heavy atom. The Labute approximate surface area is 159 Å². The van der Waals surface area contributed by atoms with E-state index >= 15 is 0 Å². The van der Waals surface area contributed by atoms with Gasteiger partial charge in [0.1, 0.15) is 22.8 Å². The molecule has 8 heteroatoms. The molecule has 0 saturated carbocycles. The number of ether oxygens (including phenoxy) is 1. The van der Waals surface area contributed by atoms with Gasteiger partial charge in [0, 0.05) is 30.4 Å². The maximum absolute atomic E-state index is 14.3. The van der Waals surface area contributed by atoms with Gasteiger partial charge in [-0.05, 0) is 23.8 Å². The Bertz CT molecular complexity index is 1170. The number of nitrogens with one attached hydrogen (secondary N) is 1. The van der Waals surface area contributed by atoms with E-state index in [1.807, 2.05) is 0 Å². The second-order valence-corrected chi connectivity index (χ2v) is 5.91. The summed E-state index contributed by atoms with van der Waals surface area (Å²) in [7, 11) is 3.20. The van der Waals surface area contributed by atoms with Crippen molar-refractivity contribution in [1.82, 2.24) is 19.9 Å². The first-order valence-corrected chi connectivity index (χ1v) is 8.40. The minimum absolute atomic E-state index is 0.125. The summed E-state index contributed by atoms with van der Waals surface area (Å²) in [6.07, 6.45) is 4.67. The maximum Gasteiger partial charge on any atom is 0.182 e. The van der Waals surface area contributed by atoms with E-state index in [0.717, 1.165) is 6.07 Å². The van der Waals surface area contributed by atoms with Crippen LogP contribution >= 0.6 is 0 Å². The van der Waals surface area contributed by atoms with Crippen LogP contribution in [0.25, 0.3) is 33.5 Å². The molecule has 0 spiro atoms. The number of anilines is 1. The molecule has 0 aliphatic heterocycles. The van der Waals surface area contributed by atoms with Gasteiger partial charge in [-0.2, -0.15) is 0 Å². The number of benzene rings is 2. The molecule has 0 unspecified atom stereocenters. The van der Waals surface area contributed by atoms with Crippen LogP contribution < -0.4 is 10.1 Å². The summed E-state index contributed by atoms with van der Waals surface area (Å²) in [5.74, 6) is -0.567. The van der Waals surface area contributed by atoms with Crippen LogP contribution in [0.15, 0.2) is 48.9 Å².